The molecule has 1 fully saturated rings. The molecule has 0 spiro atoms. The lowest BCUT2D eigenvalue weighted by Crippen LogP contribution is -2.49. The number of hydrogen-bond donors (Lipinski definition) is 0. The lowest BCUT2D eigenvalue weighted by Gasteiger charge is -2.36. The van der Waals surface area contributed by atoms with Gasteiger partial charge in [0, 0.05) is 51.2 Å². The average Bonchev–Trinajstić information content (AvgIpc) is 2.79. The number of rotatable bonds is 9. The highest BCUT2D eigenvalue weighted by Gasteiger charge is 2.29. The van der Waals surface area contributed by atoms with Gasteiger partial charge in [0.05, 0.1) is 18.1 Å². The third-order valence-electron chi connectivity index (χ3n) is 6.18. The van der Waals surface area contributed by atoms with Crippen LogP contribution in [0, 0.1) is 6.92 Å². The summed E-state index contributed by atoms with van der Waals surface area (Å²) in [6, 6.07) is 8.48. The van der Waals surface area contributed by atoms with Crippen LogP contribution in [-0.2, 0) is 27.8 Å². The number of piperazine rings is 1. The third-order valence-corrected chi connectivity index (χ3v) is 8.06. The quantitative estimate of drug-likeness (QED) is 0.570. The van der Waals surface area contributed by atoms with Gasteiger partial charge in [-0.15, -0.1) is 0 Å². The summed E-state index contributed by atoms with van der Waals surface area (Å²) in [4.78, 5) is 12.2. The number of methoxy groups -OCH3 is 1. The Morgan fingerprint density at radius 2 is 1.84 bits per heavy atom. The van der Waals surface area contributed by atoms with E-state index in [4.69, 9.17) is 14.7 Å². The molecule has 1 aromatic heterocycles. The molecule has 3 rings (SSSR count). The molecule has 176 valence electrons. The molecule has 1 aliphatic rings. The molecule has 2 aromatic rings. The predicted octanol–water partition coefficient (Wildman–Crippen LogP) is 3.51. The Morgan fingerprint density at radius 3 is 2.44 bits per heavy atom. The van der Waals surface area contributed by atoms with Crippen molar-refractivity contribution in [2.45, 2.75) is 53.1 Å². The number of ether oxygens (including phenoxy) is 1. The van der Waals surface area contributed by atoms with Gasteiger partial charge in [0.15, 0.2) is 0 Å². The molecule has 0 bridgehead atoms. The highest BCUT2D eigenvalue weighted by Crippen LogP contribution is 2.29. The van der Waals surface area contributed by atoms with Crippen molar-refractivity contribution >= 4 is 15.8 Å². The Morgan fingerprint density at radius 1 is 1.12 bits per heavy atom. The standard InChI is InChI=1S/C24H36N4O3S/c1-6-19(4)23-25-22(17-31-5)21(16-20-10-8-9-18(3)15-20)24(26-23)27-11-13-28(14-12-27)32(29,30)7-2/h8-10,15,19H,6-7,11-14,16-17H2,1-5H3/t19-/m1/s1. The SMILES string of the molecule is CC[C@@H](C)c1nc(COC)c(Cc2cccc(C)c2)c(N2CCN(S(=O)(=O)CC)CC2)n1. The van der Waals surface area contributed by atoms with Crippen LogP contribution in [0.1, 0.15) is 61.3 Å². The van der Waals surface area contributed by atoms with Gasteiger partial charge in [-0.3, -0.25) is 0 Å². The second-order valence-electron chi connectivity index (χ2n) is 8.53. The minimum atomic E-state index is -3.18. The summed E-state index contributed by atoms with van der Waals surface area (Å²) in [5.74, 6) is 2.11. The number of anilines is 1. The van der Waals surface area contributed by atoms with Crippen molar-refractivity contribution in [3.05, 3.63) is 52.5 Å². The van der Waals surface area contributed by atoms with E-state index < -0.39 is 10.0 Å². The molecule has 1 atom stereocenters. The van der Waals surface area contributed by atoms with Crippen molar-refractivity contribution < 1.29 is 13.2 Å². The molecular formula is C24H36N4O3S. The minimum Gasteiger partial charge on any atom is -0.378 e. The molecule has 32 heavy (non-hydrogen) atoms. The molecule has 0 radical (unpaired) electrons. The summed E-state index contributed by atoms with van der Waals surface area (Å²) in [6.45, 7) is 10.7. The Kier molecular flexibility index (Phi) is 8.25. The minimum absolute atomic E-state index is 0.134. The topological polar surface area (TPSA) is 75.6 Å². The summed E-state index contributed by atoms with van der Waals surface area (Å²) >= 11 is 0. The number of benzene rings is 1. The molecule has 1 saturated heterocycles. The monoisotopic (exact) mass is 460 g/mol. The smallest absolute Gasteiger partial charge is 0.213 e. The van der Waals surface area contributed by atoms with Crippen LogP contribution >= 0.6 is 0 Å². The van der Waals surface area contributed by atoms with E-state index in [-0.39, 0.29) is 11.7 Å². The predicted molar refractivity (Wildman–Crippen MR) is 129 cm³/mol. The van der Waals surface area contributed by atoms with Crippen molar-refractivity contribution in [1.29, 1.82) is 0 Å². The molecule has 0 N–H and O–H groups in total. The molecule has 0 amide bonds. The highest BCUT2D eigenvalue weighted by atomic mass is 32.2. The maximum Gasteiger partial charge on any atom is 0.213 e. The first-order chi connectivity index (χ1) is 15.3. The first kappa shape index (κ1) is 24.6. The lowest BCUT2D eigenvalue weighted by molar-refractivity contribution is 0.180. The van der Waals surface area contributed by atoms with Gasteiger partial charge in [-0.05, 0) is 25.8 Å². The van der Waals surface area contributed by atoms with Crippen molar-refractivity contribution in [3.63, 3.8) is 0 Å². The maximum absolute atomic E-state index is 12.3. The van der Waals surface area contributed by atoms with Crippen molar-refractivity contribution in [2.75, 3.05) is 43.9 Å². The van der Waals surface area contributed by atoms with E-state index >= 15 is 0 Å². The van der Waals surface area contributed by atoms with Gasteiger partial charge >= 0.3 is 0 Å². The van der Waals surface area contributed by atoms with Gasteiger partial charge in [-0.1, -0.05) is 43.7 Å². The number of nitrogens with zero attached hydrogens (tertiary/aromatic N) is 4. The number of hydrogen-bond acceptors (Lipinski definition) is 6. The molecule has 0 saturated carbocycles. The van der Waals surface area contributed by atoms with E-state index in [0.717, 1.165) is 29.3 Å². The fourth-order valence-corrected chi connectivity index (χ4v) is 5.11. The van der Waals surface area contributed by atoms with Gasteiger partial charge in [-0.2, -0.15) is 4.31 Å². The fraction of sp³-hybridized carbons (Fsp3) is 0.583. The Bertz CT molecular complexity index is 1020. The number of sulfonamides is 1. The molecule has 1 aliphatic heterocycles. The lowest BCUT2D eigenvalue weighted by atomic mass is 10.0. The number of aryl methyl sites for hydroxylation is 1. The molecule has 1 aromatic carbocycles. The van der Waals surface area contributed by atoms with Crippen LogP contribution in [-0.4, -0.2) is 61.7 Å². The molecule has 2 heterocycles. The molecule has 8 heteroatoms. The van der Waals surface area contributed by atoms with E-state index in [2.05, 4.69) is 49.9 Å². The van der Waals surface area contributed by atoms with E-state index in [0.29, 0.717) is 39.2 Å². The van der Waals surface area contributed by atoms with Crippen LogP contribution in [0.15, 0.2) is 24.3 Å². The van der Waals surface area contributed by atoms with Gasteiger partial charge in [0.25, 0.3) is 0 Å². The summed E-state index contributed by atoms with van der Waals surface area (Å²) in [5.41, 5.74) is 4.40. The van der Waals surface area contributed by atoms with Crippen LogP contribution < -0.4 is 4.90 Å². The Balaban J connectivity index is 2.02. The van der Waals surface area contributed by atoms with Crippen molar-refractivity contribution in [2.24, 2.45) is 0 Å². The van der Waals surface area contributed by atoms with Crippen LogP contribution in [0.25, 0.3) is 0 Å². The van der Waals surface area contributed by atoms with Crippen LogP contribution in [0.2, 0.25) is 0 Å². The van der Waals surface area contributed by atoms with Crippen LogP contribution in [0.5, 0.6) is 0 Å². The first-order valence-corrected chi connectivity index (χ1v) is 13.1. The van der Waals surface area contributed by atoms with Gasteiger partial charge in [0.1, 0.15) is 11.6 Å². The van der Waals surface area contributed by atoms with Crippen molar-refractivity contribution in [1.82, 2.24) is 14.3 Å². The van der Waals surface area contributed by atoms with Gasteiger partial charge < -0.3 is 9.64 Å². The Hall–Kier alpha value is -2.03. The summed E-state index contributed by atoms with van der Waals surface area (Å²) < 4.78 is 31.8. The van der Waals surface area contributed by atoms with Gasteiger partial charge in [-0.25, -0.2) is 18.4 Å². The Labute approximate surface area is 192 Å². The largest absolute Gasteiger partial charge is 0.378 e. The molecular weight excluding hydrogens is 424 g/mol. The molecule has 0 unspecified atom stereocenters. The summed E-state index contributed by atoms with van der Waals surface area (Å²) in [7, 11) is -1.49. The molecule has 7 nitrogen and oxygen atoms in total. The van der Waals surface area contributed by atoms with Crippen LogP contribution in [0.3, 0.4) is 0 Å². The second-order valence-corrected chi connectivity index (χ2v) is 10.8. The van der Waals surface area contributed by atoms with E-state index in [1.807, 2.05) is 0 Å². The fourth-order valence-electron chi connectivity index (χ4n) is 4.02. The van der Waals surface area contributed by atoms with E-state index in [1.165, 1.54) is 11.1 Å². The maximum atomic E-state index is 12.3. The second kappa shape index (κ2) is 10.7. The normalized spacial score (nSPS) is 16.3. The zero-order valence-electron chi connectivity index (χ0n) is 20.0. The van der Waals surface area contributed by atoms with E-state index in [1.54, 1.807) is 18.3 Å². The highest BCUT2D eigenvalue weighted by molar-refractivity contribution is 7.89. The van der Waals surface area contributed by atoms with Gasteiger partial charge in [0.2, 0.25) is 10.0 Å². The zero-order chi connectivity index (χ0) is 23.3. The average molecular weight is 461 g/mol. The molecule has 0 aliphatic carbocycles. The van der Waals surface area contributed by atoms with E-state index in [9.17, 15) is 8.42 Å². The third kappa shape index (κ3) is 5.66. The summed E-state index contributed by atoms with van der Waals surface area (Å²) in [6.07, 6.45) is 1.66. The zero-order valence-corrected chi connectivity index (χ0v) is 20.8. The summed E-state index contributed by atoms with van der Waals surface area (Å²) in [5, 5.41) is 0. The number of aromatic nitrogens is 2. The first-order valence-electron chi connectivity index (χ1n) is 11.5. The van der Waals surface area contributed by atoms with Crippen molar-refractivity contribution in [3.8, 4) is 0 Å². The van der Waals surface area contributed by atoms with Crippen LogP contribution in [0.4, 0.5) is 5.82 Å².